The van der Waals surface area contributed by atoms with Crippen LogP contribution in [0.1, 0.15) is 15.9 Å². The second-order valence-corrected chi connectivity index (χ2v) is 5.21. The van der Waals surface area contributed by atoms with Crippen molar-refractivity contribution in [3.63, 3.8) is 0 Å². The lowest BCUT2D eigenvalue weighted by Crippen LogP contribution is -2.11. The summed E-state index contributed by atoms with van der Waals surface area (Å²) in [6.07, 6.45) is 0. The first-order chi connectivity index (χ1) is 8.56. The molecule has 0 radical (unpaired) electrons. The SMILES string of the molecule is Cc1ccc(C(=O)Nc2ccc(I)cc2)cc1O. The Morgan fingerprint density at radius 1 is 1.17 bits per heavy atom. The standard InChI is InChI=1S/C14H12INO2/c1-9-2-3-10(8-13(9)17)14(18)16-12-6-4-11(15)5-7-12/h2-8,17H,1H3,(H,16,18). The van der Waals surface area contributed by atoms with Crippen LogP contribution in [-0.4, -0.2) is 11.0 Å². The summed E-state index contributed by atoms with van der Waals surface area (Å²) in [5.41, 5.74) is 1.93. The van der Waals surface area contributed by atoms with Gasteiger partial charge in [-0.1, -0.05) is 6.07 Å². The number of carbonyl (C=O) groups is 1. The summed E-state index contributed by atoms with van der Waals surface area (Å²) in [6, 6.07) is 12.4. The van der Waals surface area contributed by atoms with Gasteiger partial charge in [0.25, 0.3) is 5.91 Å². The third kappa shape index (κ3) is 3.01. The van der Waals surface area contributed by atoms with Crippen LogP contribution in [0.3, 0.4) is 0 Å². The molecule has 3 nitrogen and oxygen atoms in total. The first kappa shape index (κ1) is 12.9. The molecule has 0 aliphatic carbocycles. The Hall–Kier alpha value is -1.56. The van der Waals surface area contributed by atoms with Crippen LogP contribution < -0.4 is 5.32 Å². The molecular formula is C14H12INO2. The molecule has 18 heavy (non-hydrogen) atoms. The largest absolute Gasteiger partial charge is 0.508 e. The molecule has 0 unspecified atom stereocenters. The third-order valence-electron chi connectivity index (χ3n) is 2.57. The van der Waals surface area contributed by atoms with Crippen molar-refractivity contribution in [3.8, 4) is 5.75 Å². The summed E-state index contributed by atoms with van der Waals surface area (Å²) in [5, 5.41) is 12.3. The lowest BCUT2D eigenvalue weighted by atomic mass is 10.1. The zero-order chi connectivity index (χ0) is 13.1. The van der Waals surface area contributed by atoms with E-state index in [4.69, 9.17) is 0 Å². The maximum Gasteiger partial charge on any atom is 0.255 e. The fourth-order valence-corrected chi connectivity index (χ4v) is 1.85. The zero-order valence-corrected chi connectivity index (χ0v) is 11.9. The number of nitrogens with one attached hydrogen (secondary N) is 1. The zero-order valence-electron chi connectivity index (χ0n) is 9.77. The van der Waals surface area contributed by atoms with Gasteiger partial charge in [-0.05, 0) is 71.5 Å². The van der Waals surface area contributed by atoms with Crippen molar-refractivity contribution in [2.75, 3.05) is 5.32 Å². The molecule has 2 N–H and O–H groups in total. The fourth-order valence-electron chi connectivity index (χ4n) is 1.49. The van der Waals surface area contributed by atoms with E-state index in [1.165, 1.54) is 6.07 Å². The molecule has 0 heterocycles. The number of rotatable bonds is 2. The van der Waals surface area contributed by atoms with E-state index in [0.29, 0.717) is 5.56 Å². The van der Waals surface area contributed by atoms with Crippen molar-refractivity contribution in [1.29, 1.82) is 0 Å². The highest BCUT2D eigenvalue weighted by atomic mass is 127. The fraction of sp³-hybridized carbons (Fsp3) is 0.0714. The molecule has 0 spiro atoms. The van der Waals surface area contributed by atoms with Crippen molar-refractivity contribution >= 4 is 34.2 Å². The van der Waals surface area contributed by atoms with Crippen LogP contribution in [-0.2, 0) is 0 Å². The Balaban J connectivity index is 2.16. The molecule has 2 aromatic carbocycles. The minimum atomic E-state index is -0.230. The first-order valence-electron chi connectivity index (χ1n) is 5.43. The molecule has 0 saturated heterocycles. The Bertz CT molecular complexity index is 579. The van der Waals surface area contributed by atoms with E-state index < -0.39 is 0 Å². The van der Waals surface area contributed by atoms with Crippen molar-refractivity contribution < 1.29 is 9.90 Å². The lowest BCUT2D eigenvalue weighted by Gasteiger charge is -2.06. The van der Waals surface area contributed by atoms with Gasteiger partial charge < -0.3 is 10.4 Å². The summed E-state index contributed by atoms with van der Waals surface area (Å²) in [5.74, 6) is -0.100. The van der Waals surface area contributed by atoms with Gasteiger partial charge in [0.2, 0.25) is 0 Å². The number of halogens is 1. The summed E-state index contributed by atoms with van der Waals surface area (Å²) < 4.78 is 1.11. The molecule has 0 aromatic heterocycles. The normalized spacial score (nSPS) is 10.1. The summed E-state index contributed by atoms with van der Waals surface area (Å²) in [6.45, 7) is 1.79. The van der Waals surface area contributed by atoms with E-state index in [0.717, 1.165) is 14.8 Å². The van der Waals surface area contributed by atoms with Gasteiger partial charge in [0.15, 0.2) is 0 Å². The smallest absolute Gasteiger partial charge is 0.255 e. The van der Waals surface area contributed by atoms with Crippen LogP contribution >= 0.6 is 22.6 Å². The molecule has 0 saturated carbocycles. The summed E-state index contributed by atoms with van der Waals surface area (Å²) in [7, 11) is 0. The van der Waals surface area contributed by atoms with E-state index in [1.54, 1.807) is 19.1 Å². The number of aromatic hydroxyl groups is 1. The Morgan fingerprint density at radius 3 is 2.44 bits per heavy atom. The van der Waals surface area contributed by atoms with Gasteiger partial charge in [0, 0.05) is 14.8 Å². The first-order valence-corrected chi connectivity index (χ1v) is 6.50. The second-order valence-electron chi connectivity index (χ2n) is 3.96. The minimum absolute atomic E-state index is 0.130. The second kappa shape index (κ2) is 5.39. The van der Waals surface area contributed by atoms with Crippen LogP contribution in [0, 0.1) is 10.5 Å². The van der Waals surface area contributed by atoms with E-state index in [2.05, 4.69) is 27.9 Å². The maximum absolute atomic E-state index is 11.9. The van der Waals surface area contributed by atoms with Crippen molar-refractivity contribution in [1.82, 2.24) is 0 Å². The molecule has 0 bridgehead atoms. The van der Waals surface area contributed by atoms with E-state index >= 15 is 0 Å². The van der Waals surface area contributed by atoms with E-state index in [9.17, 15) is 9.90 Å². The highest BCUT2D eigenvalue weighted by molar-refractivity contribution is 14.1. The molecule has 92 valence electrons. The average molecular weight is 353 g/mol. The average Bonchev–Trinajstić information content (AvgIpc) is 2.35. The van der Waals surface area contributed by atoms with Gasteiger partial charge in [0.1, 0.15) is 5.75 Å². The van der Waals surface area contributed by atoms with Gasteiger partial charge >= 0.3 is 0 Å². The number of hydrogen-bond donors (Lipinski definition) is 2. The van der Waals surface area contributed by atoms with E-state index in [-0.39, 0.29) is 11.7 Å². The topological polar surface area (TPSA) is 49.3 Å². The number of benzene rings is 2. The van der Waals surface area contributed by atoms with Gasteiger partial charge in [0.05, 0.1) is 0 Å². The molecule has 0 aliphatic heterocycles. The molecule has 2 aromatic rings. The monoisotopic (exact) mass is 353 g/mol. The number of carbonyl (C=O) groups excluding carboxylic acids is 1. The highest BCUT2D eigenvalue weighted by Crippen LogP contribution is 2.19. The van der Waals surface area contributed by atoms with Crippen LogP contribution in [0.5, 0.6) is 5.75 Å². The molecule has 2 rings (SSSR count). The molecule has 4 heteroatoms. The predicted octanol–water partition coefficient (Wildman–Crippen LogP) is 3.56. The van der Waals surface area contributed by atoms with Gasteiger partial charge in [-0.3, -0.25) is 4.79 Å². The highest BCUT2D eigenvalue weighted by Gasteiger charge is 2.07. The van der Waals surface area contributed by atoms with Crippen molar-refractivity contribution in [2.24, 2.45) is 0 Å². The van der Waals surface area contributed by atoms with Gasteiger partial charge in [-0.15, -0.1) is 0 Å². The Morgan fingerprint density at radius 2 is 1.83 bits per heavy atom. The molecule has 1 amide bonds. The predicted molar refractivity (Wildman–Crippen MR) is 80.0 cm³/mol. The maximum atomic E-state index is 11.9. The van der Waals surface area contributed by atoms with E-state index in [1.807, 2.05) is 24.3 Å². The van der Waals surface area contributed by atoms with Crippen molar-refractivity contribution in [2.45, 2.75) is 6.92 Å². The quantitative estimate of drug-likeness (QED) is 0.812. The number of anilines is 1. The number of amides is 1. The Kier molecular flexibility index (Phi) is 3.86. The number of phenolic OH excluding ortho intramolecular Hbond substituents is 1. The van der Waals surface area contributed by atoms with Gasteiger partial charge in [-0.2, -0.15) is 0 Å². The molecule has 0 fully saturated rings. The van der Waals surface area contributed by atoms with Crippen LogP contribution in [0.25, 0.3) is 0 Å². The Labute approximate surface area is 119 Å². The summed E-state index contributed by atoms with van der Waals surface area (Å²) in [4.78, 5) is 11.9. The molecular weight excluding hydrogens is 341 g/mol. The number of phenols is 1. The molecule has 0 atom stereocenters. The van der Waals surface area contributed by atoms with Crippen LogP contribution in [0.15, 0.2) is 42.5 Å². The lowest BCUT2D eigenvalue weighted by molar-refractivity contribution is 0.102. The third-order valence-corrected chi connectivity index (χ3v) is 3.29. The number of aryl methyl sites for hydroxylation is 1. The molecule has 0 aliphatic rings. The van der Waals surface area contributed by atoms with Crippen molar-refractivity contribution in [3.05, 3.63) is 57.2 Å². The van der Waals surface area contributed by atoms with Crippen LogP contribution in [0.2, 0.25) is 0 Å². The number of hydrogen-bond acceptors (Lipinski definition) is 2. The van der Waals surface area contributed by atoms with Gasteiger partial charge in [-0.25, -0.2) is 0 Å². The van der Waals surface area contributed by atoms with Crippen LogP contribution in [0.4, 0.5) is 5.69 Å². The summed E-state index contributed by atoms with van der Waals surface area (Å²) >= 11 is 2.20. The minimum Gasteiger partial charge on any atom is -0.508 e.